The summed E-state index contributed by atoms with van der Waals surface area (Å²) in [5, 5.41) is 5.92. The molecule has 4 heterocycles. The smallest absolute Gasteiger partial charge is 0.410 e. The van der Waals surface area contributed by atoms with Crippen molar-refractivity contribution >= 4 is 70.7 Å². The zero-order valence-electron chi connectivity index (χ0n) is 18.1. The van der Waals surface area contributed by atoms with E-state index in [-0.39, 0.29) is 11.9 Å². The van der Waals surface area contributed by atoms with Crippen LogP contribution in [0.3, 0.4) is 0 Å². The van der Waals surface area contributed by atoms with Crippen LogP contribution in [-0.2, 0) is 17.7 Å². The second-order valence-corrected chi connectivity index (χ2v) is 11.0. The van der Waals surface area contributed by atoms with E-state index in [0.717, 1.165) is 35.4 Å². The molecule has 172 valence electrons. The maximum atomic E-state index is 14.2. The van der Waals surface area contributed by atoms with Gasteiger partial charge in [0, 0.05) is 17.0 Å². The second-order valence-electron chi connectivity index (χ2n) is 7.80. The van der Waals surface area contributed by atoms with Crippen LogP contribution in [0.1, 0.15) is 17.4 Å². The second kappa shape index (κ2) is 8.61. The van der Waals surface area contributed by atoms with Crippen LogP contribution in [0.4, 0.5) is 19.3 Å². The number of para-hydroxylation sites is 2. The van der Waals surface area contributed by atoms with Crippen LogP contribution in [0.5, 0.6) is 0 Å². The summed E-state index contributed by atoms with van der Waals surface area (Å²) in [7, 11) is 0. The van der Waals surface area contributed by atoms with Gasteiger partial charge in [-0.3, -0.25) is 0 Å². The molecule has 0 fully saturated rings. The first-order valence-electron chi connectivity index (χ1n) is 10.8. The Morgan fingerprint density at radius 3 is 2.79 bits per heavy atom. The fourth-order valence-electron chi connectivity index (χ4n) is 4.13. The molecular weight excluding hydrogens is 491 g/mol. The topological polar surface area (TPSA) is 67.3 Å². The molecule has 1 amide bonds. The molecule has 3 aromatic heterocycles. The van der Waals surface area contributed by atoms with E-state index in [1.54, 1.807) is 33.6 Å². The van der Waals surface area contributed by atoms with E-state index in [4.69, 9.17) is 9.72 Å². The molecule has 0 saturated carbocycles. The van der Waals surface area contributed by atoms with E-state index in [0.29, 0.717) is 36.8 Å². The summed E-state index contributed by atoms with van der Waals surface area (Å²) in [4.78, 5) is 24.6. The predicted molar refractivity (Wildman–Crippen MR) is 137 cm³/mol. The number of thiazole rings is 2. The molecule has 5 aromatic rings. The average Bonchev–Trinajstić information content (AvgIpc) is 3.53. The lowest BCUT2D eigenvalue weighted by Gasteiger charge is -2.26. The molecule has 1 aliphatic rings. The molecule has 1 aliphatic heterocycles. The molecule has 0 atom stereocenters. The number of amides is 1. The number of hydrogen-bond donors (Lipinski definition) is 1. The predicted octanol–water partition coefficient (Wildman–Crippen LogP) is 7.03. The fourth-order valence-corrected chi connectivity index (χ4v) is 7.46. The Balaban J connectivity index is 1.44. The molecule has 0 bridgehead atoms. The first-order chi connectivity index (χ1) is 16.6. The van der Waals surface area contributed by atoms with Gasteiger partial charge in [0.15, 0.2) is 5.13 Å². The summed E-state index contributed by atoms with van der Waals surface area (Å²) in [6, 6.07) is 13.1. The van der Waals surface area contributed by atoms with Crippen LogP contribution in [0.2, 0.25) is 0 Å². The third-order valence-corrected chi connectivity index (χ3v) is 8.80. The number of anilines is 2. The summed E-state index contributed by atoms with van der Waals surface area (Å²) in [6.45, 7) is 3.25. The van der Waals surface area contributed by atoms with Crippen LogP contribution in [0.25, 0.3) is 31.0 Å². The van der Waals surface area contributed by atoms with E-state index < -0.39 is 0 Å². The molecule has 0 spiro atoms. The number of nitrogens with one attached hydrogen (secondary N) is 1. The number of ether oxygens (including phenoxy) is 1. The normalized spacial score (nSPS) is 13.4. The molecule has 0 radical (unpaired) electrons. The van der Waals surface area contributed by atoms with Gasteiger partial charge in [0.05, 0.1) is 28.1 Å². The minimum Gasteiger partial charge on any atom is -0.450 e. The standard InChI is InChI=1S/C24H19FN4O2S3/c1-2-31-24(30)29-11-10-13-18(12-29)33-22(19(13)21-26-15-7-3-4-8-16(15)32-21)28-23-27-20-14(25)6-5-9-17(20)34-23/h3-9H,2,10-12H2,1H3,(H,27,28). The van der Waals surface area contributed by atoms with Crippen molar-refractivity contribution in [2.24, 2.45) is 0 Å². The summed E-state index contributed by atoms with van der Waals surface area (Å²) in [6.07, 6.45) is 0.422. The Morgan fingerprint density at radius 1 is 1.12 bits per heavy atom. The molecule has 10 heteroatoms. The van der Waals surface area contributed by atoms with Crippen molar-refractivity contribution in [3.63, 3.8) is 0 Å². The number of aromatic nitrogens is 2. The van der Waals surface area contributed by atoms with Gasteiger partial charge >= 0.3 is 6.09 Å². The maximum absolute atomic E-state index is 14.2. The largest absolute Gasteiger partial charge is 0.450 e. The zero-order valence-corrected chi connectivity index (χ0v) is 20.6. The van der Waals surface area contributed by atoms with Gasteiger partial charge in [-0.1, -0.05) is 29.5 Å². The highest BCUT2D eigenvalue weighted by Crippen LogP contribution is 2.47. The molecule has 2 aromatic carbocycles. The lowest BCUT2D eigenvalue weighted by Crippen LogP contribution is -2.35. The molecular formula is C24H19FN4O2S3. The molecule has 6 rings (SSSR count). The van der Waals surface area contributed by atoms with Gasteiger partial charge in [-0.2, -0.15) is 0 Å². The number of halogens is 1. The van der Waals surface area contributed by atoms with Crippen LogP contribution < -0.4 is 5.32 Å². The number of carbonyl (C=O) groups is 1. The van der Waals surface area contributed by atoms with Gasteiger partial charge in [0.1, 0.15) is 21.3 Å². The molecule has 34 heavy (non-hydrogen) atoms. The fraction of sp³-hybridized carbons (Fsp3) is 0.208. The zero-order chi connectivity index (χ0) is 23.2. The van der Waals surface area contributed by atoms with Crippen molar-refractivity contribution in [1.29, 1.82) is 0 Å². The molecule has 0 unspecified atom stereocenters. The molecule has 0 aliphatic carbocycles. The van der Waals surface area contributed by atoms with Crippen LogP contribution in [0, 0.1) is 5.82 Å². The highest BCUT2D eigenvalue weighted by atomic mass is 32.1. The van der Waals surface area contributed by atoms with Gasteiger partial charge in [-0.25, -0.2) is 19.2 Å². The number of hydrogen-bond acceptors (Lipinski definition) is 8. The average molecular weight is 511 g/mol. The van der Waals surface area contributed by atoms with E-state index in [2.05, 4.69) is 16.4 Å². The van der Waals surface area contributed by atoms with Gasteiger partial charge in [0.25, 0.3) is 0 Å². The van der Waals surface area contributed by atoms with E-state index in [9.17, 15) is 9.18 Å². The lowest BCUT2D eigenvalue weighted by molar-refractivity contribution is 0.103. The highest BCUT2D eigenvalue weighted by molar-refractivity contribution is 7.24. The van der Waals surface area contributed by atoms with Crippen LogP contribution in [0.15, 0.2) is 42.5 Å². The van der Waals surface area contributed by atoms with Crippen molar-refractivity contribution in [3.05, 3.63) is 58.7 Å². The molecule has 1 N–H and O–H groups in total. The summed E-state index contributed by atoms with van der Waals surface area (Å²) in [5.41, 5.74) is 3.56. The first-order valence-corrected chi connectivity index (χ1v) is 13.3. The number of rotatable bonds is 4. The molecule has 6 nitrogen and oxygen atoms in total. The number of benzene rings is 2. The summed E-state index contributed by atoms with van der Waals surface area (Å²) >= 11 is 4.66. The Kier molecular flexibility index (Phi) is 5.43. The van der Waals surface area contributed by atoms with E-state index >= 15 is 0 Å². The number of nitrogens with zero attached hydrogens (tertiary/aromatic N) is 3. The van der Waals surface area contributed by atoms with Crippen molar-refractivity contribution in [2.45, 2.75) is 19.9 Å². The Bertz CT molecular complexity index is 1510. The minimum atomic E-state index is -0.330. The SMILES string of the molecule is CCOC(=O)N1CCc2c(sc(Nc3nc4c(F)cccc4s3)c2-c2nc3ccccc3s2)C1. The Morgan fingerprint density at radius 2 is 1.97 bits per heavy atom. The third kappa shape index (κ3) is 3.71. The van der Waals surface area contributed by atoms with Gasteiger partial charge in [-0.15, -0.1) is 22.7 Å². The minimum absolute atomic E-state index is 0.292. The van der Waals surface area contributed by atoms with Crippen molar-refractivity contribution in [1.82, 2.24) is 14.9 Å². The Hall–Kier alpha value is -3.08. The Labute approximate surface area is 206 Å². The van der Waals surface area contributed by atoms with Crippen molar-refractivity contribution < 1.29 is 13.9 Å². The lowest BCUT2D eigenvalue weighted by atomic mass is 10.0. The number of fused-ring (bicyclic) bond motifs is 3. The maximum Gasteiger partial charge on any atom is 0.410 e. The highest BCUT2D eigenvalue weighted by Gasteiger charge is 2.30. The number of thiophene rings is 1. The molecule has 0 saturated heterocycles. The van der Waals surface area contributed by atoms with Gasteiger partial charge in [-0.05, 0) is 43.2 Å². The van der Waals surface area contributed by atoms with Gasteiger partial charge < -0.3 is 15.0 Å². The van der Waals surface area contributed by atoms with Crippen molar-refractivity contribution in [3.8, 4) is 10.6 Å². The van der Waals surface area contributed by atoms with Crippen LogP contribution in [-0.4, -0.2) is 34.1 Å². The summed E-state index contributed by atoms with van der Waals surface area (Å²) < 4.78 is 21.4. The van der Waals surface area contributed by atoms with Gasteiger partial charge in [0.2, 0.25) is 0 Å². The van der Waals surface area contributed by atoms with Crippen molar-refractivity contribution in [2.75, 3.05) is 18.5 Å². The van der Waals surface area contributed by atoms with E-state index in [1.807, 2.05) is 31.2 Å². The quantitative estimate of drug-likeness (QED) is 0.281. The monoisotopic (exact) mass is 510 g/mol. The summed E-state index contributed by atoms with van der Waals surface area (Å²) in [5.74, 6) is -0.330. The van der Waals surface area contributed by atoms with Crippen LogP contribution >= 0.6 is 34.0 Å². The van der Waals surface area contributed by atoms with E-state index in [1.165, 1.54) is 23.0 Å². The first kappa shape index (κ1) is 21.5. The third-order valence-electron chi connectivity index (χ3n) is 5.68. The number of carbonyl (C=O) groups excluding carboxylic acids is 1.